The molecular formula is C6H9FO. The van der Waals surface area contributed by atoms with Crippen molar-refractivity contribution < 1.29 is 9.18 Å². The normalized spacial score (nSPS) is 38.5. The first-order valence-electron chi connectivity index (χ1n) is 2.89. The molecule has 8 heavy (non-hydrogen) atoms. The molecule has 0 radical (unpaired) electrons. The van der Waals surface area contributed by atoms with Gasteiger partial charge in [0.1, 0.15) is 0 Å². The second kappa shape index (κ2) is 1.84. The molecule has 0 aromatic rings. The Morgan fingerprint density at radius 3 is 2.38 bits per heavy atom. The highest BCUT2D eigenvalue weighted by Gasteiger charge is 2.30. The molecule has 0 heterocycles. The highest BCUT2D eigenvalue weighted by molar-refractivity contribution is 5.86. The van der Waals surface area contributed by atoms with E-state index >= 15 is 0 Å². The SMILES string of the molecule is C[C@@H]1CC[C@@H](F)C1=O. The highest BCUT2D eigenvalue weighted by atomic mass is 19.1. The Kier molecular flexibility index (Phi) is 1.32. The van der Waals surface area contributed by atoms with E-state index in [0.717, 1.165) is 6.42 Å². The molecule has 46 valence electrons. The molecule has 1 fully saturated rings. The molecule has 0 aliphatic heterocycles. The zero-order valence-corrected chi connectivity index (χ0v) is 4.86. The van der Waals surface area contributed by atoms with Crippen molar-refractivity contribution in [1.82, 2.24) is 0 Å². The van der Waals surface area contributed by atoms with E-state index in [1.165, 1.54) is 0 Å². The van der Waals surface area contributed by atoms with Crippen LogP contribution in [0, 0.1) is 5.92 Å². The summed E-state index contributed by atoms with van der Waals surface area (Å²) in [6.07, 6.45) is 0.0324. The predicted octanol–water partition coefficient (Wildman–Crippen LogP) is 1.32. The van der Waals surface area contributed by atoms with Crippen LogP contribution in [0.1, 0.15) is 19.8 Å². The van der Waals surface area contributed by atoms with Gasteiger partial charge in [0.05, 0.1) is 0 Å². The topological polar surface area (TPSA) is 17.1 Å². The van der Waals surface area contributed by atoms with Gasteiger partial charge in [-0.1, -0.05) is 6.92 Å². The molecule has 0 unspecified atom stereocenters. The van der Waals surface area contributed by atoms with Gasteiger partial charge in [0.25, 0.3) is 0 Å². The van der Waals surface area contributed by atoms with Gasteiger partial charge in [0, 0.05) is 5.92 Å². The van der Waals surface area contributed by atoms with Crippen molar-refractivity contribution in [2.45, 2.75) is 25.9 Å². The first kappa shape index (κ1) is 5.73. The van der Waals surface area contributed by atoms with Gasteiger partial charge in [0.2, 0.25) is 0 Å². The number of carbonyl (C=O) groups excluding carboxylic acids is 1. The number of Topliss-reactive ketones (excluding diaryl/α,β-unsaturated/α-hetero) is 1. The minimum atomic E-state index is -1.15. The van der Waals surface area contributed by atoms with Crippen molar-refractivity contribution in [3.63, 3.8) is 0 Å². The van der Waals surface area contributed by atoms with Crippen molar-refractivity contribution in [3.05, 3.63) is 0 Å². The van der Waals surface area contributed by atoms with Crippen LogP contribution in [0.25, 0.3) is 0 Å². The average molecular weight is 116 g/mol. The van der Waals surface area contributed by atoms with E-state index in [0.29, 0.717) is 6.42 Å². The van der Waals surface area contributed by atoms with Gasteiger partial charge in [-0.05, 0) is 12.8 Å². The third-order valence-corrected chi connectivity index (χ3v) is 1.65. The lowest BCUT2D eigenvalue weighted by Crippen LogP contribution is -2.11. The summed E-state index contributed by atoms with van der Waals surface area (Å²) in [5.41, 5.74) is 0. The summed E-state index contributed by atoms with van der Waals surface area (Å²) in [5, 5.41) is 0. The minimum absolute atomic E-state index is 0.0231. The number of alkyl halides is 1. The van der Waals surface area contributed by atoms with Crippen molar-refractivity contribution in [2.75, 3.05) is 0 Å². The van der Waals surface area contributed by atoms with E-state index in [2.05, 4.69) is 0 Å². The molecule has 0 aromatic heterocycles. The summed E-state index contributed by atoms with van der Waals surface area (Å²) in [4.78, 5) is 10.5. The molecule has 0 saturated heterocycles. The van der Waals surface area contributed by atoms with Gasteiger partial charge in [-0.2, -0.15) is 0 Å². The Bertz CT molecular complexity index is 99.1. The summed E-state index contributed by atoms with van der Waals surface area (Å²) in [7, 11) is 0. The molecule has 0 N–H and O–H groups in total. The van der Waals surface area contributed by atoms with E-state index in [1.54, 1.807) is 6.92 Å². The molecule has 0 aromatic carbocycles. The number of carbonyl (C=O) groups is 1. The summed E-state index contributed by atoms with van der Waals surface area (Å²) >= 11 is 0. The van der Waals surface area contributed by atoms with Crippen LogP contribution < -0.4 is 0 Å². The standard InChI is InChI=1S/C6H9FO/c1-4-2-3-5(7)6(4)8/h4-5H,2-3H2,1H3/t4-,5-/m1/s1. The number of rotatable bonds is 0. The maximum Gasteiger partial charge on any atom is 0.169 e. The predicted molar refractivity (Wildman–Crippen MR) is 28.3 cm³/mol. The van der Waals surface area contributed by atoms with Crippen LogP contribution in [-0.2, 0) is 4.79 Å². The Balaban J connectivity index is 2.57. The first-order valence-corrected chi connectivity index (χ1v) is 2.89. The zero-order chi connectivity index (χ0) is 6.15. The molecule has 1 aliphatic rings. The lowest BCUT2D eigenvalue weighted by Gasteiger charge is -1.93. The van der Waals surface area contributed by atoms with E-state index in [1.807, 2.05) is 0 Å². The van der Waals surface area contributed by atoms with Crippen LogP contribution >= 0.6 is 0 Å². The van der Waals surface area contributed by atoms with Gasteiger partial charge in [0.15, 0.2) is 12.0 Å². The van der Waals surface area contributed by atoms with E-state index in [-0.39, 0.29) is 11.7 Å². The molecule has 0 spiro atoms. The second-order valence-corrected chi connectivity index (χ2v) is 2.35. The van der Waals surface area contributed by atoms with Crippen molar-refractivity contribution in [2.24, 2.45) is 5.92 Å². The Morgan fingerprint density at radius 2 is 2.25 bits per heavy atom. The number of hydrogen-bond acceptors (Lipinski definition) is 1. The summed E-state index contributed by atoms with van der Waals surface area (Å²) in [5.74, 6) is -0.227. The smallest absolute Gasteiger partial charge is 0.169 e. The molecule has 1 aliphatic carbocycles. The summed E-state index contributed by atoms with van der Waals surface area (Å²) < 4.78 is 12.2. The van der Waals surface area contributed by atoms with Gasteiger partial charge in [-0.3, -0.25) is 4.79 Å². The molecule has 1 rings (SSSR count). The first-order chi connectivity index (χ1) is 3.72. The fourth-order valence-corrected chi connectivity index (χ4v) is 0.990. The monoisotopic (exact) mass is 116 g/mol. The highest BCUT2D eigenvalue weighted by Crippen LogP contribution is 2.22. The number of hydrogen-bond donors (Lipinski definition) is 0. The van der Waals surface area contributed by atoms with E-state index in [4.69, 9.17) is 0 Å². The Hall–Kier alpha value is -0.400. The Morgan fingerprint density at radius 1 is 1.62 bits per heavy atom. The van der Waals surface area contributed by atoms with Crippen LogP contribution in [0.2, 0.25) is 0 Å². The molecule has 1 saturated carbocycles. The molecule has 0 amide bonds. The molecule has 1 nitrogen and oxygen atoms in total. The van der Waals surface area contributed by atoms with Crippen LogP contribution in [-0.4, -0.2) is 12.0 Å². The van der Waals surface area contributed by atoms with Gasteiger partial charge in [-0.25, -0.2) is 4.39 Å². The van der Waals surface area contributed by atoms with E-state index in [9.17, 15) is 9.18 Å². The fourth-order valence-electron chi connectivity index (χ4n) is 0.990. The minimum Gasteiger partial charge on any atom is -0.296 e. The number of halogens is 1. The quantitative estimate of drug-likeness (QED) is 0.466. The summed E-state index contributed by atoms with van der Waals surface area (Å²) in [6, 6.07) is 0. The molecule has 2 atom stereocenters. The van der Waals surface area contributed by atoms with Crippen LogP contribution in [0.4, 0.5) is 4.39 Å². The molecule has 0 bridgehead atoms. The largest absolute Gasteiger partial charge is 0.296 e. The van der Waals surface area contributed by atoms with Gasteiger partial charge in [-0.15, -0.1) is 0 Å². The average Bonchev–Trinajstić information content (AvgIpc) is 1.98. The van der Waals surface area contributed by atoms with Crippen LogP contribution in [0.15, 0.2) is 0 Å². The van der Waals surface area contributed by atoms with E-state index < -0.39 is 6.17 Å². The lowest BCUT2D eigenvalue weighted by atomic mass is 10.1. The maximum atomic E-state index is 12.2. The van der Waals surface area contributed by atoms with Crippen LogP contribution in [0.3, 0.4) is 0 Å². The van der Waals surface area contributed by atoms with Gasteiger partial charge >= 0.3 is 0 Å². The molecule has 2 heteroatoms. The van der Waals surface area contributed by atoms with Crippen molar-refractivity contribution >= 4 is 5.78 Å². The number of ketones is 1. The van der Waals surface area contributed by atoms with Crippen molar-refractivity contribution in [1.29, 1.82) is 0 Å². The third kappa shape index (κ3) is 0.746. The fraction of sp³-hybridized carbons (Fsp3) is 0.833. The zero-order valence-electron chi connectivity index (χ0n) is 4.86. The molecular weight excluding hydrogens is 107 g/mol. The third-order valence-electron chi connectivity index (χ3n) is 1.65. The Labute approximate surface area is 47.9 Å². The van der Waals surface area contributed by atoms with Crippen LogP contribution in [0.5, 0.6) is 0 Å². The maximum absolute atomic E-state index is 12.2. The van der Waals surface area contributed by atoms with Gasteiger partial charge < -0.3 is 0 Å². The second-order valence-electron chi connectivity index (χ2n) is 2.35. The van der Waals surface area contributed by atoms with Crippen molar-refractivity contribution in [3.8, 4) is 0 Å². The summed E-state index contributed by atoms with van der Waals surface area (Å²) in [6.45, 7) is 1.78. The lowest BCUT2D eigenvalue weighted by molar-refractivity contribution is -0.124.